The summed E-state index contributed by atoms with van der Waals surface area (Å²) in [5.74, 6) is -0.486. The monoisotopic (exact) mass is 531 g/mol. The normalized spacial score (nSPS) is 12.8. The van der Waals surface area contributed by atoms with Gasteiger partial charge in [0.1, 0.15) is 18.3 Å². The zero-order valence-electron chi connectivity index (χ0n) is 22.4. The van der Waals surface area contributed by atoms with Crippen LogP contribution in [0.5, 0.6) is 5.75 Å². The Kier molecular flexibility index (Phi) is 10.7. The summed E-state index contributed by atoms with van der Waals surface area (Å²) in [6.07, 6.45) is 2.05. The van der Waals surface area contributed by atoms with E-state index in [1.165, 1.54) is 31.1 Å². The van der Waals surface area contributed by atoms with Crippen LogP contribution in [0.2, 0.25) is 0 Å². The maximum Gasteiger partial charge on any atom is 0.244 e. The maximum atomic E-state index is 13.8. The molecule has 0 aliphatic rings. The summed E-state index contributed by atoms with van der Waals surface area (Å²) in [6, 6.07) is 12.3. The molecule has 0 radical (unpaired) electrons. The summed E-state index contributed by atoms with van der Waals surface area (Å²) in [7, 11) is -2.36. The van der Waals surface area contributed by atoms with Crippen molar-refractivity contribution in [2.45, 2.75) is 59.2 Å². The number of sulfonamides is 1. The number of methoxy groups -OCH3 is 1. The van der Waals surface area contributed by atoms with Crippen LogP contribution >= 0.6 is 0 Å². The van der Waals surface area contributed by atoms with E-state index in [9.17, 15) is 22.8 Å². The second-order valence-electron chi connectivity index (χ2n) is 8.99. The average Bonchev–Trinajstić information content (AvgIpc) is 2.86. The lowest BCUT2D eigenvalue weighted by Gasteiger charge is -2.33. The molecular formula is C27H37N3O6S. The van der Waals surface area contributed by atoms with E-state index in [4.69, 9.17) is 4.74 Å². The Morgan fingerprint density at radius 3 is 2.27 bits per heavy atom. The second kappa shape index (κ2) is 13.2. The molecule has 0 aromatic heterocycles. The van der Waals surface area contributed by atoms with E-state index < -0.39 is 28.5 Å². The first-order valence-electron chi connectivity index (χ1n) is 12.2. The number of ketones is 1. The highest BCUT2D eigenvalue weighted by atomic mass is 32.2. The topological polar surface area (TPSA) is 113 Å². The SMILES string of the molecule is CC[C@@H](C)NC(=O)[C@@H](CC)N(Cc1cccc(OC)c1)C(=O)CN(c1cccc(C(C)=O)c1)S(C)(=O)=O. The van der Waals surface area contributed by atoms with Crippen molar-refractivity contribution in [1.82, 2.24) is 10.2 Å². The van der Waals surface area contributed by atoms with Crippen molar-refractivity contribution >= 4 is 33.3 Å². The molecular weight excluding hydrogens is 494 g/mol. The highest BCUT2D eigenvalue weighted by molar-refractivity contribution is 7.92. The van der Waals surface area contributed by atoms with Gasteiger partial charge in [-0.1, -0.05) is 38.1 Å². The minimum absolute atomic E-state index is 0.0769. The third-order valence-corrected chi connectivity index (χ3v) is 7.23. The van der Waals surface area contributed by atoms with Crippen LogP contribution in [-0.2, 0) is 26.2 Å². The van der Waals surface area contributed by atoms with E-state index in [1.807, 2.05) is 19.9 Å². The van der Waals surface area contributed by atoms with Crippen molar-refractivity contribution in [3.05, 3.63) is 59.7 Å². The van der Waals surface area contributed by atoms with Gasteiger partial charge in [0, 0.05) is 18.2 Å². The lowest BCUT2D eigenvalue weighted by Crippen LogP contribution is -2.53. The molecule has 0 aliphatic carbocycles. The molecule has 0 aliphatic heterocycles. The van der Waals surface area contributed by atoms with Gasteiger partial charge in [-0.15, -0.1) is 0 Å². The number of benzene rings is 2. The number of carbonyl (C=O) groups excluding carboxylic acids is 3. The number of hydrogen-bond donors (Lipinski definition) is 1. The summed E-state index contributed by atoms with van der Waals surface area (Å²) in [6.45, 7) is 6.56. The van der Waals surface area contributed by atoms with Gasteiger partial charge < -0.3 is 15.0 Å². The summed E-state index contributed by atoms with van der Waals surface area (Å²) in [5.41, 5.74) is 1.25. The molecule has 202 valence electrons. The zero-order valence-corrected chi connectivity index (χ0v) is 23.2. The number of nitrogens with one attached hydrogen (secondary N) is 1. The number of hydrogen-bond acceptors (Lipinski definition) is 6. The summed E-state index contributed by atoms with van der Waals surface area (Å²) in [5, 5.41) is 2.93. The minimum atomic E-state index is -3.89. The van der Waals surface area contributed by atoms with Gasteiger partial charge in [0.25, 0.3) is 0 Å². The first-order chi connectivity index (χ1) is 17.4. The molecule has 0 bridgehead atoms. The number of rotatable bonds is 13. The lowest BCUT2D eigenvalue weighted by molar-refractivity contribution is -0.140. The fourth-order valence-electron chi connectivity index (χ4n) is 3.82. The van der Waals surface area contributed by atoms with Crippen LogP contribution in [0, 0.1) is 0 Å². The first kappa shape index (κ1) is 29.8. The van der Waals surface area contributed by atoms with E-state index in [0.29, 0.717) is 17.7 Å². The fourth-order valence-corrected chi connectivity index (χ4v) is 4.66. The van der Waals surface area contributed by atoms with Crippen LogP contribution in [-0.4, -0.2) is 62.9 Å². The smallest absolute Gasteiger partial charge is 0.244 e. The number of ether oxygens (including phenoxy) is 1. The van der Waals surface area contributed by atoms with E-state index in [0.717, 1.165) is 22.5 Å². The van der Waals surface area contributed by atoms with Gasteiger partial charge in [0.2, 0.25) is 21.8 Å². The molecule has 2 amide bonds. The van der Waals surface area contributed by atoms with Crippen molar-refractivity contribution in [2.24, 2.45) is 0 Å². The summed E-state index contributed by atoms with van der Waals surface area (Å²) < 4.78 is 31.7. The lowest BCUT2D eigenvalue weighted by atomic mass is 10.1. The molecule has 0 fully saturated rings. The number of anilines is 1. The number of amides is 2. The van der Waals surface area contributed by atoms with E-state index >= 15 is 0 Å². The molecule has 0 unspecified atom stereocenters. The fraction of sp³-hybridized carbons (Fsp3) is 0.444. The number of Topliss-reactive ketones (excluding diaryl/α,β-unsaturated/α-hetero) is 1. The number of carbonyl (C=O) groups is 3. The van der Waals surface area contributed by atoms with E-state index in [2.05, 4.69) is 5.32 Å². The molecule has 9 nitrogen and oxygen atoms in total. The average molecular weight is 532 g/mol. The molecule has 37 heavy (non-hydrogen) atoms. The Morgan fingerprint density at radius 1 is 1.03 bits per heavy atom. The molecule has 10 heteroatoms. The molecule has 2 aromatic rings. The van der Waals surface area contributed by atoms with E-state index in [-0.39, 0.29) is 30.0 Å². The van der Waals surface area contributed by atoms with Crippen LogP contribution in [0.15, 0.2) is 48.5 Å². The largest absolute Gasteiger partial charge is 0.497 e. The Balaban J connectivity index is 2.49. The van der Waals surface area contributed by atoms with Crippen LogP contribution < -0.4 is 14.4 Å². The van der Waals surface area contributed by atoms with Gasteiger partial charge in [-0.05, 0) is 56.5 Å². The first-order valence-corrected chi connectivity index (χ1v) is 14.1. The van der Waals surface area contributed by atoms with Gasteiger partial charge in [-0.25, -0.2) is 8.42 Å². The Labute approximate surface area is 219 Å². The van der Waals surface area contributed by atoms with Gasteiger partial charge in [0.15, 0.2) is 5.78 Å². The molecule has 2 aromatic carbocycles. The van der Waals surface area contributed by atoms with Crippen molar-refractivity contribution in [1.29, 1.82) is 0 Å². The molecule has 0 spiro atoms. The molecule has 2 rings (SSSR count). The predicted molar refractivity (Wildman–Crippen MR) is 144 cm³/mol. The third kappa shape index (κ3) is 8.31. The highest BCUT2D eigenvalue weighted by Crippen LogP contribution is 2.22. The minimum Gasteiger partial charge on any atom is -0.497 e. The van der Waals surface area contributed by atoms with Crippen LogP contribution in [0.1, 0.15) is 56.5 Å². The standard InChI is InChI=1S/C27H37N3O6S/c1-7-19(3)28-27(33)25(8-2)29(17-21-11-9-14-24(15-21)36-5)26(32)18-30(37(6,34)35)23-13-10-12-22(16-23)20(4)31/h9-16,19,25H,7-8,17-18H2,1-6H3,(H,28,33)/t19-,25-/m1/s1. The van der Waals surface area contributed by atoms with E-state index in [1.54, 1.807) is 37.3 Å². The summed E-state index contributed by atoms with van der Waals surface area (Å²) >= 11 is 0. The van der Waals surface area contributed by atoms with Gasteiger partial charge in [0.05, 0.1) is 19.1 Å². The van der Waals surface area contributed by atoms with Crippen LogP contribution in [0.4, 0.5) is 5.69 Å². The Morgan fingerprint density at radius 2 is 1.70 bits per heavy atom. The Bertz CT molecular complexity index is 1210. The van der Waals surface area contributed by atoms with Gasteiger partial charge in [-0.3, -0.25) is 18.7 Å². The van der Waals surface area contributed by atoms with Crippen molar-refractivity contribution in [2.75, 3.05) is 24.2 Å². The van der Waals surface area contributed by atoms with Gasteiger partial charge in [-0.2, -0.15) is 0 Å². The summed E-state index contributed by atoms with van der Waals surface area (Å²) in [4.78, 5) is 40.2. The van der Waals surface area contributed by atoms with Crippen molar-refractivity contribution in [3.8, 4) is 5.75 Å². The van der Waals surface area contributed by atoms with Crippen LogP contribution in [0.3, 0.4) is 0 Å². The molecule has 0 saturated carbocycles. The third-order valence-electron chi connectivity index (χ3n) is 6.09. The van der Waals surface area contributed by atoms with Crippen LogP contribution in [0.25, 0.3) is 0 Å². The van der Waals surface area contributed by atoms with Crippen molar-refractivity contribution in [3.63, 3.8) is 0 Å². The zero-order chi connectivity index (χ0) is 27.8. The highest BCUT2D eigenvalue weighted by Gasteiger charge is 2.32. The predicted octanol–water partition coefficient (Wildman–Crippen LogP) is 3.39. The maximum absolute atomic E-state index is 13.8. The quantitative estimate of drug-likeness (QED) is 0.397. The molecule has 0 saturated heterocycles. The molecule has 0 heterocycles. The molecule has 2 atom stereocenters. The molecule has 1 N–H and O–H groups in total. The Hall–Kier alpha value is -3.40. The second-order valence-corrected chi connectivity index (χ2v) is 10.9. The van der Waals surface area contributed by atoms with Gasteiger partial charge >= 0.3 is 0 Å². The van der Waals surface area contributed by atoms with Crippen molar-refractivity contribution < 1.29 is 27.5 Å². The number of nitrogens with zero attached hydrogens (tertiary/aromatic N) is 2.